The van der Waals surface area contributed by atoms with Crippen LogP contribution in [0, 0.1) is 23.2 Å². The highest BCUT2D eigenvalue weighted by Crippen LogP contribution is 2.61. The highest BCUT2D eigenvalue weighted by molar-refractivity contribution is 6.04. The molecule has 4 saturated carbocycles. The number of aromatic nitrogens is 2. The van der Waals surface area contributed by atoms with Crippen molar-refractivity contribution in [2.24, 2.45) is 23.2 Å². The van der Waals surface area contributed by atoms with Gasteiger partial charge >= 0.3 is 0 Å². The number of amides is 1. The van der Waals surface area contributed by atoms with E-state index in [1.807, 2.05) is 30.3 Å². The van der Waals surface area contributed by atoms with E-state index >= 15 is 0 Å². The van der Waals surface area contributed by atoms with E-state index in [0.29, 0.717) is 16.8 Å². The SMILES string of the molecule is O=C(Nc1nc2c(nc1CC13CC4CC(CC(C4)C1)C3)-c1ccccc1CC2)c1ccccc1. The van der Waals surface area contributed by atoms with Crippen LogP contribution in [0.2, 0.25) is 0 Å². The van der Waals surface area contributed by atoms with E-state index in [-0.39, 0.29) is 5.91 Å². The Morgan fingerprint density at radius 1 is 0.853 bits per heavy atom. The van der Waals surface area contributed by atoms with Gasteiger partial charge in [-0.15, -0.1) is 0 Å². The van der Waals surface area contributed by atoms with Crippen molar-refractivity contribution >= 4 is 11.7 Å². The van der Waals surface area contributed by atoms with E-state index in [4.69, 9.17) is 9.97 Å². The number of rotatable bonds is 4. The molecule has 5 aliphatic carbocycles. The lowest BCUT2D eigenvalue weighted by atomic mass is 9.48. The lowest BCUT2D eigenvalue weighted by Crippen LogP contribution is -2.47. The average Bonchev–Trinajstić information content (AvgIpc) is 2.84. The van der Waals surface area contributed by atoms with Crippen molar-refractivity contribution in [2.45, 2.75) is 57.8 Å². The standard InChI is InChI=1S/C30H31N3O/c34-29(23-7-2-1-3-8-23)33-28-26(18-30-15-19-12-20(16-30)14-21(13-19)17-30)31-27-24-9-5-4-6-22(24)10-11-25(27)32-28/h1-9,19-21H,10-18H2,(H,32,33,34). The number of fused-ring (bicyclic) bond motifs is 3. The van der Waals surface area contributed by atoms with Crippen LogP contribution in [0.5, 0.6) is 0 Å². The molecule has 2 aromatic carbocycles. The monoisotopic (exact) mass is 449 g/mol. The smallest absolute Gasteiger partial charge is 0.256 e. The summed E-state index contributed by atoms with van der Waals surface area (Å²) in [5.74, 6) is 3.25. The first-order valence-electron chi connectivity index (χ1n) is 13.0. The normalized spacial score (nSPS) is 28.3. The van der Waals surface area contributed by atoms with Gasteiger partial charge in [0.2, 0.25) is 0 Å². The molecular formula is C30H31N3O. The van der Waals surface area contributed by atoms with Gasteiger partial charge in [-0.05, 0) is 98.7 Å². The van der Waals surface area contributed by atoms with Gasteiger partial charge in [-0.2, -0.15) is 0 Å². The quantitative estimate of drug-likeness (QED) is 0.512. The minimum Gasteiger partial charge on any atom is -0.305 e. The molecule has 3 aromatic rings. The van der Waals surface area contributed by atoms with Gasteiger partial charge in [0.15, 0.2) is 5.82 Å². The van der Waals surface area contributed by atoms with E-state index in [9.17, 15) is 4.79 Å². The molecule has 1 N–H and O–H groups in total. The van der Waals surface area contributed by atoms with Crippen LogP contribution in [0.15, 0.2) is 54.6 Å². The molecule has 0 radical (unpaired) electrons. The van der Waals surface area contributed by atoms with Crippen LogP contribution >= 0.6 is 0 Å². The van der Waals surface area contributed by atoms with Crippen LogP contribution in [0.4, 0.5) is 5.82 Å². The van der Waals surface area contributed by atoms with E-state index in [1.54, 1.807) is 0 Å². The van der Waals surface area contributed by atoms with Crippen molar-refractivity contribution in [2.75, 3.05) is 5.32 Å². The van der Waals surface area contributed by atoms with Gasteiger partial charge in [0.25, 0.3) is 5.91 Å². The molecule has 0 atom stereocenters. The molecule has 4 heteroatoms. The number of benzene rings is 2. The lowest BCUT2D eigenvalue weighted by Gasteiger charge is -2.57. The van der Waals surface area contributed by atoms with Crippen molar-refractivity contribution in [3.63, 3.8) is 0 Å². The third-order valence-electron chi connectivity index (χ3n) is 8.92. The fourth-order valence-electron chi connectivity index (χ4n) is 7.97. The van der Waals surface area contributed by atoms with Crippen LogP contribution < -0.4 is 5.32 Å². The summed E-state index contributed by atoms with van der Waals surface area (Å²) in [5.41, 5.74) is 6.58. The Bertz CT molecular complexity index is 1230. The van der Waals surface area contributed by atoms with Gasteiger partial charge in [0, 0.05) is 11.1 Å². The topological polar surface area (TPSA) is 54.9 Å². The minimum atomic E-state index is -0.0992. The number of aryl methyl sites for hydroxylation is 2. The van der Waals surface area contributed by atoms with Crippen molar-refractivity contribution < 1.29 is 4.79 Å². The van der Waals surface area contributed by atoms with Crippen molar-refractivity contribution in [3.05, 3.63) is 77.1 Å². The van der Waals surface area contributed by atoms with Gasteiger partial charge < -0.3 is 5.32 Å². The maximum Gasteiger partial charge on any atom is 0.256 e. The van der Waals surface area contributed by atoms with E-state index < -0.39 is 0 Å². The molecule has 4 fully saturated rings. The van der Waals surface area contributed by atoms with E-state index in [1.165, 1.54) is 49.7 Å². The molecular weight excluding hydrogens is 418 g/mol. The molecule has 4 bridgehead atoms. The van der Waals surface area contributed by atoms with Gasteiger partial charge in [-0.25, -0.2) is 9.97 Å². The fourth-order valence-corrected chi connectivity index (χ4v) is 7.97. The number of nitrogens with zero attached hydrogens (tertiary/aromatic N) is 2. The largest absolute Gasteiger partial charge is 0.305 e. The Kier molecular flexibility index (Phi) is 4.65. The van der Waals surface area contributed by atoms with Crippen molar-refractivity contribution in [1.29, 1.82) is 0 Å². The summed E-state index contributed by atoms with van der Waals surface area (Å²) in [5, 5.41) is 3.17. The predicted molar refractivity (Wildman–Crippen MR) is 134 cm³/mol. The number of carbonyl (C=O) groups excluding carboxylic acids is 1. The molecule has 8 rings (SSSR count). The van der Waals surface area contributed by atoms with Crippen LogP contribution in [0.25, 0.3) is 11.3 Å². The Morgan fingerprint density at radius 3 is 2.26 bits per heavy atom. The molecule has 0 spiro atoms. The van der Waals surface area contributed by atoms with E-state index in [2.05, 4.69) is 29.6 Å². The number of carbonyl (C=O) groups is 1. The number of nitrogens with one attached hydrogen (secondary N) is 1. The van der Waals surface area contributed by atoms with Crippen molar-refractivity contribution in [1.82, 2.24) is 9.97 Å². The van der Waals surface area contributed by atoms with Gasteiger partial charge in [0.05, 0.1) is 17.1 Å². The predicted octanol–water partition coefficient (Wildman–Crippen LogP) is 6.25. The molecule has 0 saturated heterocycles. The maximum atomic E-state index is 13.1. The Hall–Kier alpha value is -3.01. The zero-order valence-corrected chi connectivity index (χ0v) is 19.6. The fraction of sp³-hybridized carbons (Fsp3) is 0.433. The molecule has 4 nitrogen and oxygen atoms in total. The summed E-state index contributed by atoms with van der Waals surface area (Å²) >= 11 is 0. The number of anilines is 1. The zero-order valence-electron chi connectivity index (χ0n) is 19.6. The van der Waals surface area contributed by atoms with E-state index in [0.717, 1.165) is 54.1 Å². The van der Waals surface area contributed by atoms with Gasteiger partial charge in [-0.1, -0.05) is 42.5 Å². The molecule has 34 heavy (non-hydrogen) atoms. The molecule has 1 amide bonds. The van der Waals surface area contributed by atoms with Crippen LogP contribution in [0.1, 0.15) is 65.8 Å². The van der Waals surface area contributed by atoms with Crippen molar-refractivity contribution in [3.8, 4) is 11.3 Å². The number of hydrogen-bond acceptors (Lipinski definition) is 3. The summed E-state index contributed by atoms with van der Waals surface area (Å²) in [6, 6.07) is 18.1. The summed E-state index contributed by atoms with van der Waals surface area (Å²) in [7, 11) is 0. The molecule has 1 heterocycles. The maximum absolute atomic E-state index is 13.1. The first-order valence-corrected chi connectivity index (χ1v) is 13.0. The second-order valence-electron chi connectivity index (χ2n) is 11.4. The Morgan fingerprint density at radius 2 is 1.53 bits per heavy atom. The first kappa shape index (κ1) is 20.4. The molecule has 0 unspecified atom stereocenters. The second kappa shape index (κ2) is 7.76. The van der Waals surface area contributed by atoms with Crippen LogP contribution in [-0.2, 0) is 19.3 Å². The molecule has 0 aliphatic heterocycles. The summed E-state index contributed by atoms with van der Waals surface area (Å²) < 4.78 is 0. The van der Waals surface area contributed by atoms with Crippen LogP contribution in [0.3, 0.4) is 0 Å². The Labute approximate surface area is 201 Å². The van der Waals surface area contributed by atoms with Gasteiger partial charge in [-0.3, -0.25) is 4.79 Å². The van der Waals surface area contributed by atoms with Crippen LogP contribution in [-0.4, -0.2) is 15.9 Å². The summed E-state index contributed by atoms with van der Waals surface area (Å²) in [6.45, 7) is 0. The molecule has 172 valence electrons. The Balaban J connectivity index is 1.30. The average molecular weight is 450 g/mol. The van der Waals surface area contributed by atoms with Gasteiger partial charge in [0.1, 0.15) is 0 Å². The first-order chi connectivity index (χ1) is 16.6. The summed E-state index contributed by atoms with van der Waals surface area (Å²) in [4.78, 5) is 23.5. The lowest BCUT2D eigenvalue weighted by molar-refractivity contribution is -0.0526. The summed E-state index contributed by atoms with van der Waals surface area (Å²) in [6.07, 6.45) is 11.0. The third-order valence-corrected chi connectivity index (χ3v) is 8.92. The number of hydrogen-bond donors (Lipinski definition) is 1. The molecule has 1 aromatic heterocycles. The minimum absolute atomic E-state index is 0.0992. The highest BCUT2D eigenvalue weighted by atomic mass is 16.1. The molecule has 5 aliphatic rings. The second-order valence-corrected chi connectivity index (χ2v) is 11.4. The highest BCUT2D eigenvalue weighted by Gasteiger charge is 2.51. The third kappa shape index (κ3) is 3.46. The zero-order chi connectivity index (χ0) is 22.7.